The number of fused-ring (bicyclic) bond motifs is 1. The second-order valence-electron chi connectivity index (χ2n) is 4.52. The van der Waals surface area contributed by atoms with E-state index in [9.17, 15) is 10.1 Å². The summed E-state index contributed by atoms with van der Waals surface area (Å²) in [6.45, 7) is 0.167. The number of rotatable bonds is 3. The minimum Gasteiger partial charge on any atom is -0.454 e. The molecule has 0 saturated carbocycles. The van der Waals surface area contributed by atoms with Crippen molar-refractivity contribution in [2.45, 2.75) is 5.92 Å². The predicted octanol–water partition coefficient (Wildman–Crippen LogP) is 3.51. The van der Waals surface area contributed by atoms with E-state index >= 15 is 0 Å². The number of hydrogen-bond acceptors (Lipinski definition) is 4. The standard InChI is InChI=1S/C16H10INO3/c17-13-4-2-1-3-11(13)16(19)12(8-18)10-5-6-14-15(7-10)21-9-20-14/h1-7,12H,9H2. The third kappa shape index (κ3) is 2.59. The molecule has 0 aromatic heterocycles. The van der Waals surface area contributed by atoms with E-state index in [0.29, 0.717) is 22.6 Å². The van der Waals surface area contributed by atoms with Crippen molar-refractivity contribution in [3.8, 4) is 17.6 Å². The molecule has 2 aromatic carbocycles. The zero-order valence-corrected chi connectivity index (χ0v) is 13.0. The van der Waals surface area contributed by atoms with E-state index in [-0.39, 0.29) is 12.6 Å². The van der Waals surface area contributed by atoms with E-state index in [2.05, 4.69) is 28.7 Å². The van der Waals surface area contributed by atoms with Crippen molar-refractivity contribution in [1.82, 2.24) is 0 Å². The lowest BCUT2D eigenvalue weighted by Crippen LogP contribution is -2.12. The third-order valence-corrected chi connectivity index (χ3v) is 4.20. The number of carbonyl (C=O) groups is 1. The Kier molecular flexibility index (Phi) is 3.80. The number of hydrogen-bond donors (Lipinski definition) is 0. The number of halogens is 1. The lowest BCUT2D eigenvalue weighted by atomic mass is 9.91. The summed E-state index contributed by atoms with van der Waals surface area (Å²) in [4.78, 5) is 12.6. The van der Waals surface area contributed by atoms with Gasteiger partial charge in [0, 0.05) is 9.13 Å². The second-order valence-corrected chi connectivity index (χ2v) is 5.68. The molecule has 5 heteroatoms. The number of ether oxygens (including phenoxy) is 2. The largest absolute Gasteiger partial charge is 0.454 e. The predicted molar refractivity (Wildman–Crippen MR) is 84.4 cm³/mol. The molecule has 2 aromatic rings. The lowest BCUT2D eigenvalue weighted by Gasteiger charge is -2.10. The molecule has 0 fully saturated rings. The Bertz CT molecular complexity index is 751. The molecule has 3 rings (SSSR count). The molecule has 21 heavy (non-hydrogen) atoms. The minimum atomic E-state index is -0.851. The van der Waals surface area contributed by atoms with Gasteiger partial charge in [0.25, 0.3) is 0 Å². The van der Waals surface area contributed by atoms with Gasteiger partial charge in [-0.15, -0.1) is 0 Å². The average Bonchev–Trinajstić information content (AvgIpc) is 2.96. The number of benzene rings is 2. The van der Waals surface area contributed by atoms with Gasteiger partial charge in [-0.05, 0) is 46.4 Å². The quantitative estimate of drug-likeness (QED) is 0.594. The molecule has 0 saturated heterocycles. The molecular formula is C16H10INO3. The first kappa shape index (κ1) is 13.9. The van der Waals surface area contributed by atoms with Crippen LogP contribution in [0.15, 0.2) is 42.5 Å². The van der Waals surface area contributed by atoms with Gasteiger partial charge in [0.05, 0.1) is 6.07 Å². The van der Waals surface area contributed by atoms with Crippen molar-refractivity contribution < 1.29 is 14.3 Å². The molecule has 1 atom stereocenters. The molecule has 1 aliphatic heterocycles. The highest BCUT2D eigenvalue weighted by Crippen LogP contribution is 2.35. The molecular weight excluding hydrogens is 381 g/mol. The van der Waals surface area contributed by atoms with Crippen LogP contribution in [-0.2, 0) is 0 Å². The van der Waals surface area contributed by atoms with Gasteiger partial charge in [0.1, 0.15) is 5.92 Å². The third-order valence-electron chi connectivity index (χ3n) is 3.26. The normalized spacial score (nSPS) is 13.5. The molecule has 0 N–H and O–H groups in total. The van der Waals surface area contributed by atoms with Gasteiger partial charge in [0.2, 0.25) is 6.79 Å². The van der Waals surface area contributed by atoms with Gasteiger partial charge in [-0.1, -0.05) is 24.3 Å². The summed E-state index contributed by atoms with van der Waals surface area (Å²) in [6, 6.07) is 14.5. The van der Waals surface area contributed by atoms with E-state index in [0.717, 1.165) is 3.57 Å². The highest BCUT2D eigenvalue weighted by atomic mass is 127. The maximum Gasteiger partial charge on any atom is 0.231 e. The van der Waals surface area contributed by atoms with Gasteiger partial charge in [-0.2, -0.15) is 5.26 Å². The molecule has 0 radical (unpaired) electrons. The molecule has 104 valence electrons. The van der Waals surface area contributed by atoms with Crippen molar-refractivity contribution in [2.75, 3.05) is 6.79 Å². The maximum absolute atomic E-state index is 12.6. The first-order valence-corrected chi connectivity index (χ1v) is 7.36. The number of nitriles is 1. The summed E-state index contributed by atoms with van der Waals surface area (Å²) in [5.74, 6) is 0.150. The zero-order chi connectivity index (χ0) is 14.8. The molecule has 1 unspecified atom stereocenters. The topological polar surface area (TPSA) is 59.3 Å². The number of ketones is 1. The summed E-state index contributed by atoms with van der Waals surface area (Å²) in [5.41, 5.74) is 1.17. The Morgan fingerprint density at radius 1 is 1.19 bits per heavy atom. The van der Waals surface area contributed by atoms with Crippen molar-refractivity contribution in [1.29, 1.82) is 5.26 Å². The Labute approximate surface area is 135 Å². The smallest absolute Gasteiger partial charge is 0.231 e. The van der Waals surface area contributed by atoms with E-state index in [1.54, 1.807) is 30.3 Å². The van der Waals surface area contributed by atoms with Crippen LogP contribution in [0.4, 0.5) is 0 Å². The highest BCUT2D eigenvalue weighted by molar-refractivity contribution is 14.1. The van der Waals surface area contributed by atoms with E-state index in [1.807, 2.05) is 12.1 Å². The molecule has 4 nitrogen and oxygen atoms in total. The van der Waals surface area contributed by atoms with Crippen molar-refractivity contribution in [3.63, 3.8) is 0 Å². The fourth-order valence-corrected chi connectivity index (χ4v) is 2.85. The SMILES string of the molecule is N#CC(C(=O)c1ccccc1I)c1ccc2c(c1)OCO2. The van der Waals surface area contributed by atoms with Crippen molar-refractivity contribution >= 4 is 28.4 Å². The van der Waals surface area contributed by atoms with Crippen LogP contribution in [0.3, 0.4) is 0 Å². The molecule has 0 amide bonds. The molecule has 1 heterocycles. The van der Waals surface area contributed by atoms with Crippen molar-refractivity contribution in [3.05, 3.63) is 57.2 Å². The number of Topliss-reactive ketones (excluding diaryl/α,β-unsaturated/α-hetero) is 1. The van der Waals surface area contributed by atoms with Gasteiger partial charge in [-0.25, -0.2) is 0 Å². The van der Waals surface area contributed by atoms with Crippen LogP contribution in [0.5, 0.6) is 11.5 Å². The molecule has 0 aliphatic carbocycles. The molecule has 1 aliphatic rings. The summed E-state index contributed by atoms with van der Waals surface area (Å²) in [6.07, 6.45) is 0. The summed E-state index contributed by atoms with van der Waals surface area (Å²) in [5, 5.41) is 9.41. The lowest BCUT2D eigenvalue weighted by molar-refractivity contribution is 0.0978. The van der Waals surface area contributed by atoms with E-state index in [4.69, 9.17) is 9.47 Å². The average molecular weight is 391 g/mol. The van der Waals surface area contributed by atoms with Crippen LogP contribution in [0.2, 0.25) is 0 Å². The first-order chi connectivity index (χ1) is 10.2. The zero-order valence-electron chi connectivity index (χ0n) is 10.9. The van der Waals surface area contributed by atoms with Crippen LogP contribution >= 0.6 is 22.6 Å². The fourth-order valence-electron chi connectivity index (χ4n) is 2.19. The van der Waals surface area contributed by atoms with Gasteiger partial charge in [0.15, 0.2) is 17.3 Å². The molecule has 0 spiro atoms. The van der Waals surface area contributed by atoms with Crippen LogP contribution < -0.4 is 9.47 Å². The summed E-state index contributed by atoms with van der Waals surface area (Å²) < 4.78 is 11.4. The minimum absolute atomic E-state index is 0.167. The van der Waals surface area contributed by atoms with Gasteiger partial charge < -0.3 is 9.47 Å². The Morgan fingerprint density at radius 3 is 2.71 bits per heavy atom. The second kappa shape index (κ2) is 5.74. The van der Waals surface area contributed by atoms with Crippen molar-refractivity contribution in [2.24, 2.45) is 0 Å². The van der Waals surface area contributed by atoms with Crippen LogP contribution in [-0.4, -0.2) is 12.6 Å². The van der Waals surface area contributed by atoms with E-state index < -0.39 is 5.92 Å². The Balaban J connectivity index is 1.98. The van der Waals surface area contributed by atoms with Crippen LogP contribution in [0.1, 0.15) is 21.8 Å². The summed E-state index contributed by atoms with van der Waals surface area (Å²) >= 11 is 2.10. The van der Waals surface area contributed by atoms with E-state index in [1.165, 1.54) is 0 Å². The monoisotopic (exact) mass is 391 g/mol. The molecule has 0 bridgehead atoms. The van der Waals surface area contributed by atoms with Gasteiger partial charge in [-0.3, -0.25) is 4.79 Å². The number of carbonyl (C=O) groups excluding carboxylic acids is 1. The van der Waals surface area contributed by atoms with Gasteiger partial charge >= 0.3 is 0 Å². The number of nitrogens with zero attached hydrogens (tertiary/aromatic N) is 1. The van der Waals surface area contributed by atoms with Crippen LogP contribution in [0.25, 0.3) is 0 Å². The summed E-state index contributed by atoms with van der Waals surface area (Å²) in [7, 11) is 0. The first-order valence-electron chi connectivity index (χ1n) is 6.28. The Morgan fingerprint density at radius 2 is 1.95 bits per heavy atom. The maximum atomic E-state index is 12.6. The van der Waals surface area contributed by atoms with Crippen LogP contribution in [0, 0.1) is 14.9 Å². The fraction of sp³-hybridized carbons (Fsp3) is 0.125. The highest BCUT2D eigenvalue weighted by Gasteiger charge is 2.25. The Hall–Kier alpha value is -2.07.